The Hall–Kier alpha value is -2.63. The van der Waals surface area contributed by atoms with Gasteiger partial charge in [-0.1, -0.05) is 31.2 Å². The van der Waals surface area contributed by atoms with Crippen LogP contribution in [0.15, 0.2) is 40.2 Å². The molecule has 0 aliphatic carbocycles. The number of nitrogens with zero attached hydrogens (tertiary/aromatic N) is 3. The van der Waals surface area contributed by atoms with Gasteiger partial charge in [-0.25, -0.2) is 9.78 Å². The predicted molar refractivity (Wildman–Crippen MR) is 85.2 cm³/mol. The van der Waals surface area contributed by atoms with E-state index in [4.69, 9.17) is 0 Å². The van der Waals surface area contributed by atoms with Gasteiger partial charge in [0.05, 0.1) is 12.9 Å². The molecule has 0 aliphatic rings. The van der Waals surface area contributed by atoms with E-state index in [1.165, 1.54) is 10.1 Å². The van der Waals surface area contributed by atoms with Crippen LogP contribution in [0.1, 0.15) is 25.0 Å². The molecule has 0 amide bonds. The van der Waals surface area contributed by atoms with E-state index in [1.54, 1.807) is 10.9 Å². The third-order valence-electron chi connectivity index (χ3n) is 3.87. The lowest BCUT2D eigenvalue weighted by Crippen LogP contribution is -2.31. The highest BCUT2D eigenvalue weighted by Crippen LogP contribution is 2.10. The number of fused-ring (bicyclic) bond motifs is 1. The molecule has 0 spiro atoms. The van der Waals surface area contributed by atoms with Crippen LogP contribution in [0, 0.1) is 0 Å². The number of hydrogen-bond acceptors (Lipinski definition) is 3. The van der Waals surface area contributed by atoms with Crippen molar-refractivity contribution in [3.63, 3.8) is 0 Å². The fourth-order valence-electron chi connectivity index (χ4n) is 2.57. The van der Waals surface area contributed by atoms with Gasteiger partial charge in [-0.15, -0.1) is 0 Å². The van der Waals surface area contributed by atoms with Crippen molar-refractivity contribution in [1.82, 2.24) is 19.1 Å². The molecule has 3 aromatic rings. The SMILES string of the molecule is CCc1ccc(Cn2c(=O)[nH]c(=O)c3c2ncn3CC)cc1. The van der Waals surface area contributed by atoms with Crippen LogP contribution in [0.2, 0.25) is 0 Å². The molecule has 3 rings (SSSR count). The second kappa shape index (κ2) is 5.63. The van der Waals surface area contributed by atoms with E-state index in [2.05, 4.69) is 16.9 Å². The summed E-state index contributed by atoms with van der Waals surface area (Å²) >= 11 is 0. The monoisotopic (exact) mass is 298 g/mol. The van der Waals surface area contributed by atoms with Gasteiger partial charge in [0.25, 0.3) is 5.56 Å². The summed E-state index contributed by atoms with van der Waals surface area (Å²) in [4.78, 5) is 30.8. The first-order valence-electron chi connectivity index (χ1n) is 7.39. The Morgan fingerprint density at radius 1 is 1.09 bits per heavy atom. The van der Waals surface area contributed by atoms with Gasteiger partial charge in [0.2, 0.25) is 0 Å². The molecule has 0 bridgehead atoms. The van der Waals surface area contributed by atoms with Crippen molar-refractivity contribution in [1.29, 1.82) is 0 Å². The second-order valence-electron chi connectivity index (χ2n) is 5.22. The van der Waals surface area contributed by atoms with Crippen LogP contribution in [0.5, 0.6) is 0 Å². The largest absolute Gasteiger partial charge is 0.330 e. The quantitative estimate of drug-likeness (QED) is 0.793. The number of imidazole rings is 1. The van der Waals surface area contributed by atoms with Crippen LogP contribution < -0.4 is 11.2 Å². The summed E-state index contributed by atoms with van der Waals surface area (Å²) in [7, 11) is 0. The van der Waals surface area contributed by atoms with Crippen LogP contribution in [0.3, 0.4) is 0 Å². The van der Waals surface area contributed by atoms with Gasteiger partial charge in [-0.2, -0.15) is 0 Å². The molecule has 6 nitrogen and oxygen atoms in total. The van der Waals surface area contributed by atoms with Gasteiger partial charge in [0, 0.05) is 6.54 Å². The fraction of sp³-hybridized carbons (Fsp3) is 0.312. The van der Waals surface area contributed by atoms with Crippen molar-refractivity contribution in [2.75, 3.05) is 0 Å². The van der Waals surface area contributed by atoms with Crippen molar-refractivity contribution in [2.45, 2.75) is 33.4 Å². The maximum Gasteiger partial charge on any atom is 0.330 e. The van der Waals surface area contributed by atoms with E-state index in [9.17, 15) is 9.59 Å². The summed E-state index contributed by atoms with van der Waals surface area (Å²) in [6, 6.07) is 8.10. The summed E-state index contributed by atoms with van der Waals surface area (Å²) < 4.78 is 3.24. The third-order valence-corrected chi connectivity index (χ3v) is 3.87. The number of aromatic nitrogens is 4. The standard InChI is InChI=1S/C16H18N4O2/c1-3-11-5-7-12(8-6-11)9-20-14-13(15(21)18-16(20)22)19(4-2)10-17-14/h5-8,10H,3-4,9H2,1-2H3,(H,18,21,22). The molecule has 0 fully saturated rings. The van der Waals surface area contributed by atoms with E-state index in [1.807, 2.05) is 31.2 Å². The molecule has 0 unspecified atom stereocenters. The lowest BCUT2D eigenvalue weighted by molar-refractivity contribution is 0.742. The van der Waals surface area contributed by atoms with E-state index in [0.717, 1.165) is 12.0 Å². The minimum atomic E-state index is -0.432. The smallest absolute Gasteiger partial charge is 0.325 e. The summed E-state index contributed by atoms with van der Waals surface area (Å²) in [5.41, 5.74) is 2.29. The summed E-state index contributed by atoms with van der Waals surface area (Å²) in [6.07, 6.45) is 2.57. The van der Waals surface area contributed by atoms with Crippen molar-refractivity contribution in [3.8, 4) is 0 Å². The molecule has 0 radical (unpaired) electrons. The van der Waals surface area contributed by atoms with Crippen molar-refractivity contribution in [3.05, 3.63) is 62.6 Å². The third kappa shape index (κ3) is 2.36. The van der Waals surface area contributed by atoms with Crippen molar-refractivity contribution in [2.24, 2.45) is 0 Å². The lowest BCUT2D eigenvalue weighted by atomic mass is 10.1. The van der Waals surface area contributed by atoms with Crippen LogP contribution in [0.25, 0.3) is 11.2 Å². The first kappa shape index (κ1) is 14.3. The van der Waals surface area contributed by atoms with E-state index >= 15 is 0 Å². The molecule has 0 aliphatic heterocycles. The number of rotatable bonds is 4. The summed E-state index contributed by atoms with van der Waals surface area (Å²) in [5.74, 6) is 0. The van der Waals surface area contributed by atoms with Gasteiger partial charge in [0.1, 0.15) is 0 Å². The molecular formula is C16H18N4O2. The van der Waals surface area contributed by atoms with Gasteiger partial charge < -0.3 is 4.57 Å². The number of H-pyrrole nitrogens is 1. The molecule has 0 atom stereocenters. The van der Waals surface area contributed by atoms with Crippen molar-refractivity contribution < 1.29 is 0 Å². The van der Waals surface area contributed by atoms with Crippen LogP contribution in [-0.4, -0.2) is 19.1 Å². The summed E-state index contributed by atoms with van der Waals surface area (Å²) in [6.45, 7) is 5.04. The molecule has 1 aromatic carbocycles. The van der Waals surface area contributed by atoms with Crippen LogP contribution in [0.4, 0.5) is 0 Å². The Kier molecular flexibility index (Phi) is 3.66. The zero-order valence-electron chi connectivity index (χ0n) is 12.7. The number of nitrogens with one attached hydrogen (secondary N) is 1. The second-order valence-corrected chi connectivity index (χ2v) is 5.22. The molecule has 22 heavy (non-hydrogen) atoms. The molecule has 2 aromatic heterocycles. The minimum Gasteiger partial charge on any atom is -0.325 e. The molecule has 0 saturated heterocycles. The topological polar surface area (TPSA) is 72.7 Å². The number of aryl methyl sites for hydroxylation is 2. The molecule has 6 heteroatoms. The average molecular weight is 298 g/mol. The Labute approximate surface area is 127 Å². The Morgan fingerprint density at radius 3 is 2.41 bits per heavy atom. The Bertz CT molecular complexity index is 916. The van der Waals surface area contributed by atoms with Gasteiger partial charge in [0.15, 0.2) is 11.2 Å². The number of hydrogen-bond donors (Lipinski definition) is 1. The highest BCUT2D eigenvalue weighted by molar-refractivity contribution is 5.69. The van der Waals surface area contributed by atoms with Gasteiger partial charge >= 0.3 is 5.69 Å². The van der Waals surface area contributed by atoms with Gasteiger partial charge in [-0.3, -0.25) is 14.3 Å². The van der Waals surface area contributed by atoms with Crippen LogP contribution in [-0.2, 0) is 19.5 Å². The van der Waals surface area contributed by atoms with Gasteiger partial charge in [-0.05, 0) is 24.5 Å². The molecule has 2 heterocycles. The fourth-order valence-corrected chi connectivity index (χ4v) is 2.57. The first-order chi connectivity index (χ1) is 10.6. The lowest BCUT2D eigenvalue weighted by Gasteiger charge is -2.07. The van der Waals surface area contributed by atoms with E-state index in [0.29, 0.717) is 24.3 Å². The van der Waals surface area contributed by atoms with Crippen molar-refractivity contribution >= 4 is 11.2 Å². The maximum atomic E-state index is 12.1. The van der Waals surface area contributed by atoms with E-state index in [-0.39, 0.29) is 0 Å². The Balaban J connectivity index is 2.11. The number of benzene rings is 1. The van der Waals surface area contributed by atoms with Crippen LogP contribution >= 0.6 is 0 Å². The summed E-state index contributed by atoms with van der Waals surface area (Å²) in [5, 5.41) is 0. The normalized spacial score (nSPS) is 11.2. The predicted octanol–water partition coefficient (Wildman–Crippen LogP) is 1.52. The zero-order valence-corrected chi connectivity index (χ0v) is 12.7. The highest BCUT2D eigenvalue weighted by Gasteiger charge is 2.13. The molecule has 1 N–H and O–H groups in total. The molecule has 114 valence electrons. The average Bonchev–Trinajstić information content (AvgIpc) is 2.96. The molecular weight excluding hydrogens is 280 g/mol. The highest BCUT2D eigenvalue weighted by atomic mass is 16.2. The maximum absolute atomic E-state index is 12.1. The van der Waals surface area contributed by atoms with E-state index < -0.39 is 11.2 Å². The zero-order chi connectivity index (χ0) is 15.7. The molecule has 0 saturated carbocycles. The number of aromatic amines is 1. The minimum absolute atomic E-state index is 0.386. The first-order valence-corrected chi connectivity index (χ1v) is 7.39. The Morgan fingerprint density at radius 2 is 1.77 bits per heavy atom.